The highest BCUT2D eigenvalue weighted by Gasteiger charge is 1.91. The lowest BCUT2D eigenvalue weighted by atomic mass is 10.4. The first kappa shape index (κ1) is 9.04. The second kappa shape index (κ2) is 4.88. The molecule has 0 bridgehead atoms. The van der Waals surface area contributed by atoms with Gasteiger partial charge in [-0.2, -0.15) is 0 Å². The van der Waals surface area contributed by atoms with Crippen LogP contribution in [0.1, 0.15) is 0 Å². The van der Waals surface area contributed by atoms with Crippen LogP contribution in [0.3, 0.4) is 0 Å². The molecule has 0 heterocycles. The van der Waals surface area contributed by atoms with Gasteiger partial charge >= 0.3 is 0 Å². The number of carbonyl (C=O) groups is 1. The van der Waals surface area contributed by atoms with Gasteiger partial charge in [-0.1, -0.05) is 31.9 Å². The van der Waals surface area contributed by atoms with Gasteiger partial charge in [0.15, 0.2) is 0 Å². The lowest BCUT2D eigenvalue weighted by Gasteiger charge is -1.97. The number of carbonyl (C=O) groups excluding carboxylic acids is 1. The van der Waals surface area contributed by atoms with Crippen molar-refractivity contribution < 1.29 is 4.79 Å². The van der Waals surface area contributed by atoms with Crippen LogP contribution in [0, 0.1) is 0 Å². The predicted molar refractivity (Wildman–Crippen MR) is 46.0 cm³/mol. The summed E-state index contributed by atoms with van der Waals surface area (Å²) in [6.07, 6.45) is 4.69. The van der Waals surface area contributed by atoms with Crippen LogP contribution in [-0.2, 0) is 0 Å². The zero-order valence-electron chi connectivity index (χ0n) is 5.50. The van der Waals surface area contributed by atoms with Crippen LogP contribution in [0.5, 0.6) is 0 Å². The second-order valence-electron chi connectivity index (χ2n) is 1.49. The first-order valence-electron chi connectivity index (χ1n) is 2.65. The van der Waals surface area contributed by atoms with Gasteiger partial charge in [0.2, 0.25) is 0 Å². The number of nitrogens with one attached hydrogen (secondary N) is 1. The van der Waals surface area contributed by atoms with E-state index in [4.69, 9.17) is 0 Å². The van der Waals surface area contributed by atoms with E-state index in [2.05, 4.69) is 31.1 Å². The summed E-state index contributed by atoms with van der Waals surface area (Å²) < 4.78 is 0. The molecule has 0 saturated carbocycles. The molecular formula is C7H9NOS. The largest absolute Gasteiger partial charge is 0.317 e. The summed E-state index contributed by atoms with van der Waals surface area (Å²) in [7, 11) is 0. The average Bonchev–Trinajstić information content (AvgIpc) is 1.86. The highest BCUT2D eigenvalue weighted by atomic mass is 32.1. The Morgan fingerprint density at radius 1 is 1.50 bits per heavy atom. The number of rotatable bonds is 3. The molecule has 0 spiro atoms. The van der Waals surface area contributed by atoms with Gasteiger partial charge in [-0.15, -0.1) is 0 Å². The third kappa shape index (κ3) is 3.97. The molecule has 0 aliphatic heterocycles. The van der Waals surface area contributed by atoms with E-state index >= 15 is 0 Å². The first-order valence-corrected chi connectivity index (χ1v) is 3.10. The van der Waals surface area contributed by atoms with Crippen molar-refractivity contribution in [2.24, 2.45) is 0 Å². The Hall–Kier alpha value is -0.960. The van der Waals surface area contributed by atoms with Crippen LogP contribution < -0.4 is 5.32 Å². The number of allylic oxidation sites excluding steroid dienone is 3. The van der Waals surface area contributed by atoms with E-state index in [1.165, 1.54) is 6.08 Å². The van der Waals surface area contributed by atoms with Gasteiger partial charge in [0.25, 0.3) is 5.24 Å². The maximum absolute atomic E-state index is 10.3. The first-order chi connectivity index (χ1) is 4.70. The Bertz CT molecular complexity index is 184. The predicted octanol–water partition coefficient (Wildman–Crippen LogP) is 1.88. The van der Waals surface area contributed by atoms with Crippen LogP contribution in [0.25, 0.3) is 0 Å². The summed E-state index contributed by atoms with van der Waals surface area (Å²) in [6.45, 7) is 6.92. The van der Waals surface area contributed by atoms with E-state index in [9.17, 15) is 4.79 Å². The molecule has 0 rings (SSSR count). The minimum Gasteiger partial charge on any atom is -0.317 e. The fraction of sp³-hybridized carbons (Fsp3) is 0. The van der Waals surface area contributed by atoms with Crippen molar-refractivity contribution >= 4 is 17.9 Å². The lowest BCUT2D eigenvalue weighted by molar-refractivity contribution is 0.263. The number of hydrogen-bond donors (Lipinski definition) is 2. The van der Waals surface area contributed by atoms with E-state index in [1.807, 2.05) is 0 Å². The molecule has 0 radical (unpaired) electrons. The standard InChI is InChI=1S/C7H9NOS/c1-3-5-6(4-2)8-7(9)10/h3-5H,1-2H2,(H2,8,9,10)/b6-5+. The smallest absolute Gasteiger partial charge is 0.280 e. The highest BCUT2D eigenvalue weighted by Crippen LogP contribution is 1.91. The number of thiol groups is 1. The third-order valence-electron chi connectivity index (χ3n) is 0.769. The minimum atomic E-state index is -0.409. The van der Waals surface area contributed by atoms with Crippen molar-refractivity contribution in [2.45, 2.75) is 0 Å². The van der Waals surface area contributed by atoms with Crippen molar-refractivity contribution in [1.29, 1.82) is 0 Å². The zero-order valence-corrected chi connectivity index (χ0v) is 6.40. The molecule has 54 valence electrons. The van der Waals surface area contributed by atoms with Crippen LogP contribution in [0.4, 0.5) is 4.79 Å². The van der Waals surface area contributed by atoms with Gasteiger partial charge in [-0.05, 0) is 12.2 Å². The van der Waals surface area contributed by atoms with Gasteiger partial charge in [-0.3, -0.25) is 4.79 Å². The molecule has 0 unspecified atom stereocenters. The Morgan fingerprint density at radius 2 is 2.10 bits per heavy atom. The molecule has 0 aliphatic rings. The van der Waals surface area contributed by atoms with Gasteiger partial charge < -0.3 is 5.32 Å². The van der Waals surface area contributed by atoms with E-state index in [-0.39, 0.29) is 0 Å². The maximum atomic E-state index is 10.3. The fourth-order valence-electron chi connectivity index (χ4n) is 0.411. The number of hydrogen-bond acceptors (Lipinski definition) is 1. The van der Waals surface area contributed by atoms with Gasteiger partial charge in [0.1, 0.15) is 0 Å². The third-order valence-corrected chi connectivity index (χ3v) is 0.880. The second-order valence-corrected chi connectivity index (χ2v) is 1.90. The van der Waals surface area contributed by atoms with Crippen molar-refractivity contribution in [1.82, 2.24) is 5.32 Å². The van der Waals surface area contributed by atoms with Gasteiger partial charge in [0, 0.05) is 5.70 Å². The topological polar surface area (TPSA) is 29.1 Å². The molecule has 0 fully saturated rings. The van der Waals surface area contributed by atoms with E-state index in [0.717, 1.165) is 0 Å². The zero-order chi connectivity index (χ0) is 7.98. The molecule has 0 aromatic heterocycles. The maximum Gasteiger partial charge on any atom is 0.280 e. The summed E-state index contributed by atoms with van der Waals surface area (Å²) in [4.78, 5) is 10.3. The highest BCUT2D eigenvalue weighted by molar-refractivity contribution is 7.96. The van der Waals surface area contributed by atoms with Crippen molar-refractivity contribution in [3.05, 3.63) is 37.1 Å². The fourth-order valence-corrected chi connectivity index (χ4v) is 0.540. The average molecular weight is 155 g/mol. The normalized spacial score (nSPS) is 10.3. The molecule has 2 nitrogen and oxygen atoms in total. The van der Waals surface area contributed by atoms with Crippen molar-refractivity contribution in [2.75, 3.05) is 0 Å². The summed E-state index contributed by atoms with van der Waals surface area (Å²) in [6, 6.07) is 0. The number of amides is 1. The van der Waals surface area contributed by atoms with Gasteiger partial charge in [0.05, 0.1) is 0 Å². The molecule has 0 aliphatic carbocycles. The lowest BCUT2D eigenvalue weighted by Crippen LogP contribution is -2.13. The Balaban J connectivity index is 4.08. The van der Waals surface area contributed by atoms with Crippen LogP contribution >= 0.6 is 12.6 Å². The molecular weight excluding hydrogens is 146 g/mol. The Labute approximate surface area is 65.7 Å². The van der Waals surface area contributed by atoms with Gasteiger partial charge in [-0.25, -0.2) is 0 Å². The molecule has 10 heavy (non-hydrogen) atoms. The monoisotopic (exact) mass is 155 g/mol. The van der Waals surface area contributed by atoms with E-state index < -0.39 is 5.24 Å². The molecule has 0 saturated heterocycles. The SMILES string of the molecule is C=C/C=C(\C=C)NC(=O)S. The molecule has 0 aromatic carbocycles. The molecule has 1 amide bonds. The van der Waals surface area contributed by atoms with E-state index in [0.29, 0.717) is 5.70 Å². The Kier molecular flexibility index (Phi) is 4.41. The quantitative estimate of drug-likeness (QED) is 0.473. The van der Waals surface area contributed by atoms with Crippen molar-refractivity contribution in [3.8, 4) is 0 Å². The minimum absolute atomic E-state index is 0.409. The van der Waals surface area contributed by atoms with Crippen LogP contribution in [0.15, 0.2) is 37.1 Å². The molecule has 3 heteroatoms. The molecule has 0 aromatic rings. The molecule has 1 N–H and O–H groups in total. The summed E-state index contributed by atoms with van der Waals surface area (Å²) in [5.41, 5.74) is 0.593. The summed E-state index contributed by atoms with van der Waals surface area (Å²) in [5, 5.41) is 2.02. The van der Waals surface area contributed by atoms with Crippen LogP contribution in [0.2, 0.25) is 0 Å². The summed E-state index contributed by atoms with van der Waals surface area (Å²) in [5.74, 6) is 0. The Morgan fingerprint density at radius 3 is 2.40 bits per heavy atom. The van der Waals surface area contributed by atoms with E-state index in [1.54, 1.807) is 12.2 Å². The van der Waals surface area contributed by atoms with Crippen molar-refractivity contribution in [3.63, 3.8) is 0 Å². The summed E-state index contributed by atoms with van der Waals surface area (Å²) >= 11 is 3.51. The van der Waals surface area contributed by atoms with Crippen LogP contribution in [-0.4, -0.2) is 5.24 Å². The molecule has 0 atom stereocenters.